The van der Waals surface area contributed by atoms with Crippen LogP contribution in [0.2, 0.25) is 0 Å². The molecule has 0 saturated heterocycles. The zero-order chi connectivity index (χ0) is 14.5. The molecular formula is C14H17N3O2S. The molecule has 2 N–H and O–H groups in total. The predicted octanol–water partition coefficient (Wildman–Crippen LogP) is 2.90. The highest BCUT2D eigenvalue weighted by molar-refractivity contribution is 8.00. The zero-order valence-electron chi connectivity index (χ0n) is 11.4. The van der Waals surface area contributed by atoms with E-state index in [4.69, 9.17) is 0 Å². The van der Waals surface area contributed by atoms with E-state index in [1.807, 2.05) is 19.9 Å². The van der Waals surface area contributed by atoms with E-state index in [0.717, 1.165) is 0 Å². The number of aromatic nitrogens is 2. The molecule has 1 heterocycles. The number of para-hydroxylation sites is 1. The number of hydrogen-bond donors (Lipinski definition) is 2. The third-order valence-corrected chi connectivity index (χ3v) is 3.71. The molecule has 0 spiro atoms. The van der Waals surface area contributed by atoms with Gasteiger partial charge in [0.05, 0.1) is 11.9 Å². The SMILES string of the molecule is CC(C)n1nccc1NC(=O)CSc1ccccc1O. The third-order valence-electron chi connectivity index (χ3n) is 2.65. The normalized spacial score (nSPS) is 10.8. The van der Waals surface area contributed by atoms with Crippen molar-refractivity contribution >= 4 is 23.5 Å². The van der Waals surface area contributed by atoms with Gasteiger partial charge in [0, 0.05) is 17.0 Å². The fourth-order valence-corrected chi connectivity index (χ4v) is 2.48. The van der Waals surface area contributed by atoms with Crippen molar-refractivity contribution < 1.29 is 9.90 Å². The maximum Gasteiger partial charge on any atom is 0.235 e. The Morgan fingerprint density at radius 3 is 2.85 bits per heavy atom. The molecule has 106 valence electrons. The van der Waals surface area contributed by atoms with Crippen LogP contribution in [0.5, 0.6) is 5.75 Å². The summed E-state index contributed by atoms with van der Waals surface area (Å²) in [5.74, 6) is 0.988. The van der Waals surface area contributed by atoms with Gasteiger partial charge in [0.15, 0.2) is 0 Å². The standard InChI is InChI=1S/C14H17N3O2S/c1-10(2)17-13(7-8-15-17)16-14(19)9-20-12-6-4-3-5-11(12)18/h3-8,10,18H,9H2,1-2H3,(H,16,19). The molecule has 6 heteroatoms. The van der Waals surface area contributed by atoms with Crippen LogP contribution in [0.15, 0.2) is 41.4 Å². The minimum Gasteiger partial charge on any atom is -0.507 e. The second-order valence-electron chi connectivity index (χ2n) is 4.56. The summed E-state index contributed by atoms with van der Waals surface area (Å²) in [5, 5.41) is 16.6. The first-order valence-corrected chi connectivity index (χ1v) is 7.30. The van der Waals surface area contributed by atoms with Crippen LogP contribution in [-0.2, 0) is 4.79 Å². The molecule has 2 aromatic rings. The second kappa shape index (κ2) is 6.47. The van der Waals surface area contributed by atoms with Crippen molar-refractivity contribution in [1.29, 1.82) is 0 Å². The third kappa shape index (κ3) is 3.54. The zero-order valence-corrected chi connectivity index (χ0v) is 12.2. The number of nitrogens with one attached hydrogen (secondary N) is 1. The average Bonchev–Trinajstić information content (AvgIpc) is 2.86. The second-order valence-corrected chi connectivity index (χ2v) is 5.58. The molecule has 0 aliphatic heterocycles. The van der Waals surface area contributed by atoms with Crippen LogP contribution >= 0.6 is 11.8 Å². The van der Waals surface area contributed by atoms with Crippen molar-refractivity contribution in [2.45, 2.75) is 24.8 Å². The Morgan fingerprint density at radius 2 is 2.15 bits per heavy atom. The number of phenolic OH excluding ortho intramolecular Hbond substituents is 1. The first-order valence-electron chi connectivity index (χ1n) is 6.32. The van der Waals surface area contributed by atoms with Crippen molar-refractivity contribution in [3.05, 3.63) is 36.5 Å². The van der Waals surface area contributed by atoms with Gasteiger partial charge < -0.3 is 10.4 Å². The van der Waals surface area contributed by atoms with Gasteiger partial charge in [0.2, 0.25) is 5.91 Å². The lowest BCUT2D eigenvalue weighted by atomic mass is 10.3. The van der Waals surface area contributed by atoms with Gasteiger partial charge in [-0.05, 0) is 26.0 Å². The summed E-state index contributed by atoms with van der Waals surface area (Å²) in [7, 11) is 0. The Kier molecular flexibility index (Phi) is 4.68. The van der Waals surface area contributed by atoms with Gasteiger partial charge in [-0.3, -0.25) is 4.79 Å². The van der Waals surface area contributed by atoms with Crippen LogP contribution < -0.4 is 5.32 Å². The first-order chi connectivity index (χ1) is 9.58. The monoisotopic (exact) mass is 291 g/mol. The Morgan fingerprint density at radius 1 is 1.40 bits per heavy atom. The number of amides is 1. The lowest BCUT2D eigenvalue weighted by molar-refractivity contribution is -0.113. The number of carbonyl (C=O) groups excluding carboxylic acids is 1. The molecule has 20 heavy (non-hydrogen) atoms. The molecule has 0 unspecified atom stereocenters. The highest BCUT2D eigenvalue weighted by atomic mass is 32.2. The van der Waals surface area contributed by atoms with Gasteiger partial charge in [0.1, 0.15) is 11.6 Å². The molecule has 2 rings (SSSR count). The number of aromatic hydroxyl groups is 1. The molecule has 1 aromatic carbocycles. The molecule has 0 bridgehead atoms. The fourth-order valence-electron chi connectivity index (χ4n) is 1.73. The average molecular weight is 291 g/mol. The number of phenols is 1. The lowest BCUT2D eigenvalue weighted by Gasteiger charge is -2.11. The number of nitrogens with zero attached hydrogens (tertiary/aromatic N) is 2. The molecule has 0 aliphatic rings. The number of anilines is 1. The van der Waals surface area contributed by atoms with E-state index in [0.29, 0.717) is 10.7 Å². The van der Waals surface area contributed by atoms with Gasteiger partial charge in [-0.15, -0.1) is 11.8 Å². The summed E-state index contributed by atoms with van der Waals surface area (Å²) >= 11 is 1.30. The van der Waals surface area contributed by atoms with E-state index in [-0.39, 0.29) is 23.5 Å². The molecule has 0 aliphatic carbocycles. The molecule has 0 saturated carbocycles. The van der Waals surface area contributed by atoms with Crippen LogP contribution in [-0.4, -0.2) is 26.5 Å². The van der Waals surface area contributed by atoms with Crippen LogP contribution in [0.3, 0.4) is 0 Å². The first kappa shape index (κ1) is 14.5. The van der Waals surface area contributed by atoms with Gasteiger partial charge in [-0.2, -0.15) is 5.10 Å². The van der Waals surface area contributed by atoms with E-state index >= 15 is 0 Å². The van der Waals surface area contributed by atoms with Crippen molar-refractivity contribution in [2.75, 3.05) is 11.1 Å². The topological polar surface area (TPSA) is 67.2 Å². The largest absolute Gasteiger partial charge is 0.507 e. The minimum atomic E-state index is -0.124. The lowest BCUT2D eigenvalue weighted by Crippen LogP contribution is -2.18. The van der Waals surface area contributed by atoms with Crippen molar-refractivity contribution in [1.82, 2.24) is 9.78 Å². The molecule has 0 radical (unpaired) electrons. The van der Waals surface area contributed by atoms with Crippen LogP contribution in [0, 0.1) is 0 Å². The predicted molar refractivity (Wildman–Crippen MR) is 80.1 cm³/mol. The van der Waals surface area contributed by atoms with Crippen LogP contribution in [0.1, 0.15) is 19.9 Å². The molecule has 5 nitrogen and oxygen atoms in total. The van der Waals surface area contributed by atoms with E-state index in [1.54, 1.807) is 35.1 Å². The summed E-state index contributed by atoms with van der Waals surface area (Å²) in [4.78, 5) is 12.6. The van der Waals surface area contributed by atoms with Crippen molar-refractivity contribution in [3.8, 4) is 5.75 Å². The number of benzene rings is 1. The van der Waals surface area contributed by atoms with Gasteiger partial charge >= 0.3 is 0 Å². The van der Waals surface area contributed by atoms with E-state index < -0.39 is 0 Å². The highest BCUT2D eigenvalue weighted by Gasteiger charge is 2.10. The van der Waals surface area contributed by atoms with Crippen LogP contribution in [0.25, 0.3) is 0 Å². The van der Waals surface area contributed by atoms with E-state index in [9.17, 15) is 9.90 Å². The van der Waals surface area contributed by atoms with Crippen molar-refractivity contribution in [3.63, 3.8) is 0 Å². The maximum absolute atomic E-state index is 11.9. The van der Waals surface area contributed by atoms with Crippen LogP contribution in [0.4, 0.5) is 5.82 Å². The van der Waals surface area contributed by atoms with Crippen molar-refractivity contribution in [2.24, 2.45) is 0 Å². The molecule has 1 amide bonds. The van der Waals surface area contributed by atoms with E-state index in [2.05, 4.69) is 10.4 Å². The maximum atomic E-state index is 11.9. The smallest absolute Gasteiger partial charge is 0.235 e. The fraction of sp³-hybridized carbons (Fsp3) is 0.286. The Balaban J connectivity index is 1.93. The number of rotatable bonds is 5. The Hall–Kier alpha value is -1.95. The number of hydrogen-bond acceptors (Lipinski definition) is 4. The summed E-state index contributed by atoms with van der Waals surface area (Å²) in [5.41, 5.74) is 0. The Labute approximate surface area is 122 Å². The molecular weight excluding hydrogens is 274 g/mol. The molecule has 0 atom stereocenters. The minimum absolute atomic E-state index is 0.124. The molecule has 0 fully saturated rings. The summed E-state index contributed by atoms with van der Waals surface area (Å²) < 4.78 is 1.75. The summed E-state index contributed by atoms with van der Waals surface area (Å²) in [6.07, 6.45) is 1.66. The number of carbonyl (C=O) groups is 1. The van der Waals surface area contributed by atoms with Gasteiger partial charge in [-0.25, -0.2) is 4.68 Å². The van der Waals surface area contributed by atoms with E-state index in [1.165, 1.54) is 11.8 Å². The van der Waals surface area contributed by atoms with Gasteiger partial charge in [0.25, 0.3) is 0 Å². The van der Waals surface area contributed by atoms with Gasteiger partial charge in [-0.1, -0.05) is 12.1 Å². The summed E-state index contributed by atoms with van der Waals surface area (Å²) in [6, 6.07) is 8.92. The number of thioether (sulfide) groups is 1. The molecule has 1 aromatic heterocycles. The summed E-state index contributed by atoms with van der Waals surface area (Å²) in [6.45, 7) is 4.00. The Bertz CT molecular complexity index is 596. The highest BCUT2D eigenvalue weighted by Crippen LogP contribution is 2.27. The quantitative estimate of drug-likeness (QED) is 0.831.